The van der Waals surface area contributed by atoms with Crippen LogP contribution in [0.3, 0.4) is 0 Å². The van der Waals surface area contributed by atoms with Gasteiger partial charge in [0.05, 0.1) is 17.9 Å². The fourth-order valence-electron chi connectivity index (χ4n) is 3.35. The molecule has 6 nitrogen and oxygen atoms in total. The van der Waals surface area contributed by atoms with Gasteiger partial charge >= 0.3 is 0 Å². The number of amides is 2. The number of rotatable bonds is 8. The van der Waals surface area contributed by atoms with E-state index in [1.807, 2.05) is 55.8 Å². The molecule has 0 spiro atoms. The molecule has 3 aromatic rings. The van der Waals surface area contributed by atoms with Gasteiger partial charge in [0.1, 0.15) is 5.82 Å². The highest BCUT2D eigenvalue weighted by molar-refractivity contribution is 5.94. The van der Waals surface area contributed by atoms with Crippen molar-refractivity contribution in [2.45, 2.75) is 27.3 Å². The Labute approximate surface area is 187 Å². The monoisotopic (exact) mass is 434 g/mol. The van der Waals surface area contributed by atoms with E-state index in [-0.39, 0.29) is 30.7 Å². The van der Waals surface area contributed by atoms with Gasteiger partial charge in [0.15, 0.2) is 0 Å². The first-order chi connectivity index (χ1) is 15.4. The summed E-state index contributed by atoms with van der Waals surface area (Å²) in [6.07, 6.45) is 3.22. The van der Waals surface area contributed by atoms with Crippen molar-refractivity contribution >= 4 is 17.9 Å². The summed E-state index contributed by atoms with van der Waals surface area (Å²) in [6.45, 7) is 6.30. The second-order valence-electron chi connectivity index (χ2n) is 7.42. The third kappa shape index (κ3) is 5.69. The Hall–Kier alpha value is -3.74. The van der Waals surface area contributed by atoms with E-state index >= 15 is 0 Å². The number of nitrogens with zero attached hydrogens (tertiary/aromatic N) is 3. The van der Waals surface area contributed by atoms with Crippen LogP contribution in [-0.2, 0) is 16.1 Å². The molecule has 1 N–H and O–H groups in total. The molecule has 2 aromatic carbocycles. The predicted molar refractivity (Wildman–Crippen MR) is 123 cm³/mol. The molecule has 1 heterocycles. The summed E-state index contributed by atoms with van der Waals surface area (Å²) in [5, 5.41) is 7.34. The zero-order chi connectivity index (χ0) is 23.1. The average molecular weight is 435 g/mol. The van der Waals surface area contributed by atoms with E-state index in [4.69, 9.17) is 0 Å². The van der Waals surface area contributed by atoms with E-state index in [2.05, 4.69) is 10.4 Å². The van der Waals surface area contributed by atoms with Crippen LogP contribution < -0.4 is 5.32 Å². The lowest BCUT2D eigenvalue weighted by atomic mass is 10.1. The van der Waals surface area contributed by atoms with Gasteiger partial charge in [-0.1, -0.05) is 30.3 Å². The summed E-state index contributed by atoms with van der Waals surface area (Å²) in [5.41, 5.74) is 4.36. The number of hydrogen-bond donors (Lipinski definition) is 1. The van der Waals surface area contributed by atoms with Gasteiger partial charge in [-0.05, 0) is 56.7 Å². The van der Waals surface area contributed by atoms with Gasteiger partial charge in [-0.15, -0.1) is 0 Å². The summed E-state index contributed by atoms with van der Waals surface area (Å²) in [5.74, 6) is -0.854. The number of carbonyl (C=O) groups is 2. The molecular formula is C25H27FN4O2. The smallest absolute Gasteiger partial charge is 0.247 e. The standard InChI is InChI=1S/C25H27FN4O2/c1-4-29(17-24(31)27-16-20-10-12-21(26)13-11-20)25(32)15-14-23-18(2)28-30(19(23)3)22-8-6-5-7-9-22/h5-15H,4,16-17H2,1-3H3,(H,27,31)/b15-14+. The van der Waals surface area contributed by atoms with Crippen LogP contribution in [0.2, 0.25) is 0 Å². The van der Waals surface area contributed by atoms with Gasteiger partial charge in [0, 0.05) is 30.4 Å². The first kappa shape index (κ1) is 22.9. The molecule has 0 aliphatic heterocycles. The zero-order valence-electron chi connectivity index (χ0n) is 18.5. The number of nitrogens with one attached hydrogen (secondary N) is 1. The van der Waals surface area contributed by atoms with Crippen molar-refractivity contribution in [3.05, 3.63) is 89.0 Å². The maximum absolute atomic E-state index is 13.0. The minimum Gasteiger partial charge on any atom is -0.350 e. The Kier molecular flexibility index (Phi) is 7.54. The van der Waals surface area contributed by atoms with Crippen LogP contribution in [0.4, 0.5) is 4.39 Å². The lowest BCUT2D eigenvalue weighted by Gasteiger charge is -2.18. The summed E-state index contributed by atoms with van der Waals surface area (Å²) in [7, 11) is 0. The van der Waals surface area contributed by atoms with Crippen LogP contribution in [0.15, 0.2) is 60.7 Å². The lowest BCUT2D eigenvalue weighted by Crippen LogP contribution is -2.39. The molecule has 166 valence electrons. The Bertz CT molecular complexity index is 1100. The number of halogens is 1. The minimum atomic E-state index is -0.325. The normalized spacial score (nSPS) is 11.0. The van der Waals surface area contributed by atoms with Crippen molar-refractivity contribution in [3.8, 4) is 5.69 Å². The molecule has 2 amide bonds. The fraction of sp³-hybridized carbons (Fsp3) is 0.240. The first-order valence-corrected chi connectivity index (χ1v) is 10.5. The molecule has 0 radical (unpaired) electrons. The van der Waals surface area contributed by atoms with Crippen molar-refractivity contribution in [3.63, 3.8) is 0 Å². The molecule has 0 aliphatic carbocycles. The molecule has 0 unspecified atom stereocenters. The van der Waals surface area contributed by atoms with E-state index in [1.54, 1.807) is 18.2 Å². The maximum atomic E-state index is 13.0. The highest BCUT2D eigenvalue weighted by atomic mass is 19.1. The number of benzene rings is 2. The molecule has 0 saturated heterocycles. The Balaban J connectivity index is 1.62. The Morgan fingerprint density at radius 1 is 1.09 bits per heavy atom. The summed E-state index contributed by atoms with van der Waals surface area (Å²) in [4.78, 5) is 26.4. The van der Waals surface area contributed by atoms with Crippen LogP contribution in [0.1, 0.15) is 29.4 Å². The van der Waals surface area contributed by atoms with Crippen molar-refractivity contribution in [2.75, 3.05) is 13.1 Å². The molecular weight excluding hydrogens is 407 g/mol. The Morgan fingerprint density at radius 3 is 2.44 bits per heavy atom. The van der Waals surface area contributed by atoms with Crippen molar-refractivity contribution in [1.82, 2.24) is 20.0 Å². The SMILES string of the molecule is CCN(CC(=O)NCc1ccc(F)cc1)C(=O)/C=C/c1c(C)nn(-c2ccccc2)c1C. The van der Waals surface area contributed by atoms with Crippen molar-refractivity contribution in [1.29, 1.82) is 0 Å². The van der Waals surface area contributed by atoms with E-state index in [9.17, 15) is 14.0 Å². The number of aromatic nitrogens is 2. The molecule has 0 bridgehead atoms. The maximum Gasteiger partial charge on any atom is 0.247 e. The molecule has 0 aliphatic rings. The van der Waals surface area contributed by atoms with E-state index in [1.165, 1.54) is 23.1 Å². The van der Waals surface area contributed by atoms with Crippen molar-refractivity contribution in [2.24, 2.45) is 0 Å². The minimum absolute atomic E-state index is 0.0535. The molecule has 32 heavy (non-hydrogen) atoms. The fourth-order valence-corrected chi connectivity index (χ4v) is 3.35. The number of para-hydroxylation sites is 1. The van der Waals surface area contributed by atoms with Crippen LogP contribution in [0.5, 0.6) is 0 Å². The summed E-state index contributed by atoms with van der Waals surface area (Å²) >= 11 is 0. The van der Waals surface area contributed by atoms with Gasteiger partial charge in [-0.25, -0.2) is 9.07 Å². The number of likely N-dealkylation sites (N-methyl/N-ethyl adjacent to an activating group) is 1. The van der Waals surface area contributed by atoms with Crippen LogP contribution in [-0.4, -0.2) is 39.6 Å². The van der Waals surface area contributed by atoms with E-state index in [0.29, 0.717) is 6.54 Å². The van der Waals surface area contributed by atoms with E-state index < -0.39 is 0 Å². The average Bonchev–Trinajstić information content (AvgIpc) is 3.09. The largest absolute Gasteiger partial charge is 0.350 e. The van der Waals surface area contributed by atoms with Gasteiger partial charge in [-0.2, -0.15) is 5.10 Å². The third-order valence-corrected chi connectivity index (χ3v) is 5.17. The number of carbonyl (C=O) groups excluding carboxylic acids is 2. The third-order valence-electron chi connectivity index (χ3n) is 5.17. The van der Waals surface area contributed by atoms with Gasteiger partial charge in [0.2, 0.25) is 11.8 Å². The number of aryl methyl sites for hydroxylation is 1. The topological polar surface area (TPSA) is 67.2 Å². The zero-order valence-corrected chi connectivity index (χ0v) is 18.5. The van der Waals surface area contributed by atoms with Gasteiger partial charge < -0.3 is 10.2 Å². The van der Waals surface area contributed by atoms with Crippen LogP contribution >= 0.6 is 0 Å². The lowest BCUT2D eigenvalue weighted by molar-refractivity contribution is -0.132. The Morgan fingerprint density at radius 2 is 1.78 bits per heavy atom. The highest BCUT2D eigenvalue weighted by Crippen LogP contribution is 2.19. The predicted octanol–water partition coefficient (Wildman–Crippen LogP) is 3.81. The first-order valence-electron chi connectivity index (χ1n) is 10.5. The quantitative estimate of drug-likeness (QED) is 0.549. The molecule has 0 saturated carbocycles. The molecule has 1 aromatic heterocycles. The summed E-state index contributed by atoms with van der Waals surface area (Å²) < 4.78 is 14.8. The van der Waals surface area contributed by atoms with Crippen LogP contribution in [0.25, 0.3) is 11.8 Å². The molecule has 0 fully saturated rings. The number of hydrogen-bond acceptors (Lipinski definition) is 3. The summed E-state index contributed by atoms with van der Waals surface area (Å²) in [6, 6.07) is 15.7. The van der Waals surface area contributed by atoms with Gasteiger partial charge in [-0.3, -0.25) is 9.59 Å². The van der Waals surface area contributed by atoms with Gasteiger partial charge in [0.25, 0.3) is 0 Å². The molecule has 0 atom stereocenters. The highest BCUT2D eigenvalue weighted by Gasteiger charge is 2.15. The van der Waals surface area contributed by atoms with E-state index in [0.717, 1.165) is 28.2 Å². The van der Waals surface area contributed by atoms with Crippen LogP contribution in [0, 0.1) is 19.7 Å². The second kappa shape index (κ2) is 10.5. The molecule has 3 rings (SSSR count). The van der Waals surface area contributed by atoms with Crippen molar-refractivity contribution < 1.29 is 14.0 Å². The second-order valence-corrected chi connectivity index (χ2v) is 7.42. The molecule has 7 heteroatoms.